The van der Waals surface area contributed by atoms with Gasteiger partial charge in [0.2, 0.25) is 0 Å². The summed E-state index contributed by atoms with van der Waals surface area (Å²) in [7, 11) is 3.96. The van der Waals surface area contributed by atoms with Crippen LogP contribution in [0, 0.1) is 5.82 Å². The number of rotatable bonds is 3. The van der Waals surface area contributed by atoms with Crippen LogP contribution in [0.4, 0.5) is 21.5 Å². The molecule has 2 aromatic carbocycles. The summed E-state index contributed by atoms with van der Waals surface area (Å²) < 4.78 is 13.9. The van der Waals surface area contributed by atoms with Crippen LogP contribution in [-0.2, 0) is 6.54 Å². The molecule has 0 atom stereocenters. The first kappa shape index (κ1) is 13.9. The first-order valence-corrected chi connectivity index (χ1v) is 7.21. The molecule has 0 fully saturated rings. The summed E-state index contributed by atoms with van der Waals surface area (Å²) in [6.45, 7) is 2.45. The van der Waals surface area contributed by atoms with Gasteiger partial charge >= 0.3 is 0 Å². The van der Waals surface area contributed by atoms with Gasteiger partial charge in [0.1, 0.15) is 5.82 Å². The zero-order chi connectivity index (χ0) is 14.8. The predicted molar refractivity (Wildman–Crippen MR) is 85.9 cm³/mol. The minimum Gasteiger partial charge on any atom is -0.371 e. The number of para-hydroxylation sites is 2. The van der Waals surface area contributed by atoms with Gasteiger partial charge in [0.15, 0.2) is 0 Å². The molecule has 3 nitrogen and oxygen atoms in total. The van der Waals surface area contributed by atoms with Crippen molar-refractivity contribution in [2.75, 3.05) is 37.0 Å². The summed E-state index contributed by atoms with van der Waals surface area (Å²) in [5.41, 5.74) is 4.19. The minimum atomic E-state index is -0.186. The minimum absolute atomic E-state index is 0.186. The molecule has 0 saturated carbocycles. The summed E-state index contributed by atoms with van der Waals surface area (Å²) in [6.07, 6.45) is 0. The van der Waals surface area contributed by atoms with Crippen molar-refractivity contribution >= 4 is 17.1 Å². The van der Waals surface area contributed by atoms with E-state index in [9.17, 15) is 4.39 Å². The highest BCUT2D eigenvalue weighted by molar-refractivity contribution is 5.79. The molecule has 0 bridgehead atoms. The molecule has 21 heavy (non-hydrogen) atoms. The Morgan fingerprint density at radius 3 is 2.62 bits per heavy atom. The van der Waals surface area contributed by atoms with E-state index in [1.807, 2.05) is 19.2 Å². The SMILES string of the molecule is CNCc1cc(F)cc(N2CCN(C)c3ccccc32)c1. The summed E-state index contributed by atoms with van der Waals surface area (Å²) in [6, 6.07) is 13.5. The Labute approximate surface area is 125 Å². The Bertz CT molecular complexity index is 642. The lowest BCUT2D eigenvalue weighted by molar-refractivity contribution is 0.623. The number of fused-ring (bicyclic) bond motifs is 1. The normalized spacial score (nSPS) is 14.2. The molecule has 1 aliphatic rings. The van der Waals surface area contributed by atoms with Crippen molar-refractivity contribution in [2.45, 2.75) is 6.54 Å². The molecule has 0 spiro atoms. The number of likely N-dealkylation sites (N-methyl/N-ethyl adjacent to an activating group) is 1. The molecule has 3 rings (SSSR count). The summed E-state index contributed by atoms with van der Waals surface area (Å²) >= 11 is 0. The van der Waals surface area contributed by atoms with Crippen molar-refractivity contribution < 1.29 is 4.39 Å². The average Bonchev–Trinajstić information content (AvgIpc) is 2.47. The summed E-state index contributed by atoms with van der Waals surface area (Å²) in [5, 5.41) is 3.07. The van der Waals surface area contributed by atoms with E-state index in [1.54, 1.807) is 12.1 Å². The second-order valence-corrected chi connectivity index (χ2v) is 5.41. The summed E-state index contributed by atoms with van der Waals surface area (Å²) in [5.74, 6) is -0.186. The van der Waals surface area contributed by atoms with Gasteiger partial charge in [-0.2, -0.15) is 0 Å². The number of anilines is 3. The van der Waals surface area contributed by atoms with Crippen molar-refractivity contribution in [3.05, 3.63) is 53.8 Å². The number of hydrogen-bond acceptors (Lipinski definition) is 3. The van der Waals surface area contributed by atoms with E-state index in [2.05, 4.69) is 40.4 Å². The molecule has 0 aromatic heterocycles. The lowest BCUT2D eigenvalue weighted by Crippen LogP contribution is -2.36. The van der Waals surface area contributed by atoms with Crippen LogP contribution in [0.15, 0.2) is 42.5 Å². The average molecular weight is 285 g/mol. The zero-order valence-corrected chi connectivity index (χ0v) is 12.4. The first-order valence-electron chi connectivity index (χ1n) is 7.21. The number of nitrogens with zero attached hydrogens (tertiary/aromatic N) is 2. The van der Waals surface area contributed by atoms with Gasteiger partial charge in [-0.15, -0.1) is 0 Å². The third-order valence-corrected chi connectivity index (χ3v) is 3.88. The topological polar surface area (TPSA) is 18.5 Å². The molecule has 1 heterocycles. The second-order valence-electron chi connectivity index (χ2n) is 5.41. The largest absolute Gasteiger partial charge is 0.371 e. The van der Waals surface area contributed by atoms with Crippen LogP contribution in [-0.4, -0.2) is 27.2 Å². The molecule has 0 radical (unpaired) electrons. The van der Waals surface area contributed by atoms with Crippen LogP contribution in [0.3, 0.4) is 0 Å². The molecular weight excluding hydrogens is 265 g/mol. The van der Waals surface area contributed by atoms with E-state index in [0.29, 0.717) is 6.54 Å². The Morgan fingerprint density at radius 2 is 1.86 bits per heavy atom. The van der Waals surface area contributed by atoms with Crippen molar-refractivity contribution in [1.29, 1.82) is 0 Å². The Kier molecular flexibility index (Phi) is 3.80. The fraction of sp³-hybridized carbons (Fsp3) is 0.294. The van der Waals surface area contributed by atoms with Crippen LogP contribution in [0.1, 0.15) is 5.56 Å². The first-order chi connectivity index (χ1) is 10.2. The van der Waals surface area contributed by atoms with Crippen LogP contribution in [0.25, 0.3) is 0 Å². The quantitative estimate of drug-likeness (QED) is 0.934. The van der Waals surface area contributed by atoms with Gasteiger partial charge < -0.3 is 15.1 Å². The van der Waals surface area contributed by atoms with Crippen molar-refractivity contribution in [1.82, 2.24) is 5.32 Å². The predicted octanol–water partition coefficient (Wildman–Crippen LogP) is 3.13. The Balaban J connectivity index is 2.03. The van der Waals surface area contributed by atoms with Gasteiger partial charge in [0.05, 0.1) is 11.4 Å². The van der Waals surface area contributed by atoms with Crippen molar-refractivity contribution in [2.24, 2.45) is 0 Å². The fourth-order valence-corrected chi connectivity index (χ4v) is 2.87. The molecule has 4 heteroatoms. The molecule has 0 saturated heterocycles. The molecule has 0 aliphatic carbocycles. The summed E-state index contributed by atoms with van der Waals surface area (Å²) in [4.78, 5) is 4.43. The second kappa shape index (κ2) is 5.74. The monoisotopic (exact) mass is 285 g/mol. The maximum Gasteiger partial charge on any atom is 0.125 e. The van der Waals surface area contributed by atoms with Crippen molar-refractivity contribution in [3.8, 4) is 0 Å². The van der Waals surface area contributed by atoms with Gasteiger partial charge in [-0.3, -0.25) is 0 Å². The van der Waals surface area contributed by atoms with E-state index in [-0.39, 0.29) is 5.82 Å². The van der Waals surface area contributed by atoms with Gasteiger partial charge in [-0.05, 0) is 42.9 Å². The molecular formula is C17H20FN3. The molecule has 2 aromatic rings. The standard InChI is InChI=1S/C17H20FN3/c1-19-12-13-9-14(18)11-15(10-13)21-8-7-20(2)16-5-3-4-6-17(16)21/h3-6,9-11,19H,7-8,12H2,1-2H3. The smallest absolute Gasteiger partial charge is 0.125 e. The maximum absolute atomic E-state index is 13.9. The number of halogens is 1. The molecule has 1 N–H and O–H groups in total. The van der Waals surface area contributed by atoms with Crippen LogP contribution in [0.5, 0.6) is 0 Å². The lowest BCUT2D eigenvalue weighted by Gasteiger charge is -2.37. The number of nitrogens with one attached hydrogen (secondary N) is 1. The third kappa shape index (κ3) is 2.72. The molecule has 0 unspecified atom stereocenters. The van der Waals surface area contributed by atoms with E-state index in [0.717, 1.165) is 30.0 Å². The van der Waals surface area contributed by atoms with E-state index >= 15 is 0 Å². The molecule has 0 amide bonds. The Hall–Kier alpha value is -2.07. The van der Waals surface area contributed by atoms with Crippen molar-refractivity contribution in [3.63, 3.8) is 0 Å². The lowest BCUT2D eigenvalue weighted by atomic mass is 10.1. The third-order valence-electron chi connectivity index (χ3n) is 3.88. The van der Waals surface area contributed by atoms with Crippen LogP contribution < -0.4 is 15.1 Å². The highest BCUT2D eigenvalue weighted by atomic mass is 19.1. The fourth-order valence-electron chi connectivity index (χ4n) is 2.87. The van der Waals surface area contributed by atoms with Gasteiger partial charge in [-0.25, -0.2) is 4.39 Å². The highest BCUT2D eigenvalue weighted by Crippen LogP contribution is 2.37. The van der Waals surface area contributed by atoms with E-state index in [4.69, 9.17) is 0 Å². The van der Waals surface area contributed by atoms with Gasteiger partial charge in [-0.1, -0.05) is 12.1 Å². The van der Waals surface area contributed by atoms with E-state index < -0.39 is 0 Å². The number of benzene rings is 2. The highest BCUT2D eigenvalue weighted by Gasteiger charge is 2.21. The van der Waals surface area contributed by atoms with Crippen LogP contribution >= 0.6 is 0 Å². The number of hydrogen-bond donors (Lipinski definition) is 1. The Morgan fingerprint density at radius 1 is 1.10 bits per heavy atom. The zero-order valence-electron chi connectivity index (χ0n) is 12.4. The van der Waals surface area contributed by atoms with Gasteiger partial charge in [0, 0.05) is 32.4 Å². The van der Waals surface area contributed by atoms with Crippen LogP contribution in [0.2, 0.25) is 0 Å². The molecule has 1 aliphatic heterocycles. The van der Waals surface area contributed by atoms with Gasteiger partial charge in [0.25, 0.3) is 0 Å². The van der Waals surface area contributed by atoms with E-state index in [1.165, 1.54) is 5.69 Å². The molecule has 110 valence electrons. The maximum atomic E-state index is 13.9.